The summed E-state index contributed by atoms with van der Waals surface area (Å²) < 4.78 is 6.63. The highest BCUT2D eigenvalue weighted by Crippen LogP contribution is 2.53. The van der Waals surface area contributed by atoms with Gasteiger partial charge in [0, 0.05) is 33.5 Å². The zero-order valence-corrected chi connectivity index (χ0v) is 26.4. The molecule has 0 saturated heterocycles. The largest absolute Gasteiger partial charge is 0.456 e. The number of ether oxygens (including phenoxy) is 1. The minimum absolute atomic E-state index is 0.112. The van der Waals surface area contributed by atoms with Crippen molar-refractivity contribution in [1.82, 2.24) is 0 Å². The van der Waals surface area contributed by atoms with E-state index in [1.807, 2.05) is 6.07 Å². The number of rotatable bonds is 4. The van der Waals surface area contributed by atoms with Crippen molar-refractivity contribution in [3.8, 4) is 56.0 Å². The maximum Gasteiger partial charge on any atom is 0.135 e. The number of nitrogens with zero attached hydrogens (tertiary/aromatic N) is 1. The molecule has 1 aliphatic carbocycles. The lowest BCUT2D eigenvalue weighted by atomic mass is 9.82. The molecule has 1 heterocycles. The fourth-order valence-electron chi connectivity index (χ4n) is 7.60. The summed E-state index contributed by atoms with van der Waals surface area (Å²) in [6, 6.07) is 58.8. The van der Waals surface area contributed by atoms with Crippen molar-refractivity contribution in [3.05, 3.63) is 175 Å². The average Bonchev–Trinajstić information content (AvgIpc) is 3.25. The van der Waals surface area contributed by atoms with Crippen LogP contribution >= 0.6 is 0 Å². The summed E-state index contributed by atoms with van der Waals surface area (Å²) >= 11 is 0. The standard InChI is InChI=1S/C45H33NO/c1-45(2)40-21-11-8-19-36(40)37-26-24-32(29-41(37)45)46(42-22-12-9-16-33(42)30-14-4-3-5-15-30)31-25-27-44-39(28-31)35-18-7-6-17-34(35)38-20-10-13-23-43(38)47-44/h3-29H,1-2H3. The third-order valence-corrected chi connectivity index (χ3v) is 9.89. The van der Waals surface area contributed by atoms with E-state index in [2.05, 4.69) is 176 Å². The highest BCUT2D eigenvalue weighted by atomic mass is 16.5. The molecule has 9 rings (SSSR count). The number of fused-ring (bicyclic) bond motifs is 8. The Kier molecular flexibility index (Phi) is 6.20. The fourth-order valence-corrected chi connectivity index (χ4v) is 7.60. The molecule has 1 aliphatic heterocycles. The smallest absolute Gasteiger partial charge is 0.135 e. The van der Waals surface area contributed by atoms with E-state index in [9.17, 15) is 0 Å². The van der Waals surface area contributed by atoms with Gasteiger partial charge in [-0.2, -0.15) is 0 Å². The molecule has 0 atom stereocenters. The van der Waals surface area contributed by atoms with Crippen LogP contribution in [0.15, 0.2) is 164 Å². The molecule has 2 nitrogen and oxygen atoms in total. The van der Waals surface area contributed by atoms with Crippen LogP contribution in [0.2, 0.25) is 0 Å². The van der Waals surface area contributed by atoms with Gasteiger partial charge < -0.3 is 9.64 Å². The summed E-state index contributed by atoms with van der Waals surface area (Å²) in [6.45, 7) is 4.69. The molecule has 0 bridgehead atoms. The second-order valence-electron chi connectivity index (χ2n) is 12.9. The van der Waals surface area contributed by atoms with Gasteiger partial charge in [0.25, 0.3) is 0 Å². The Morgan fingerprint density at radius 2 is 0.957 bits per heavy atom. The predicted octanol–water partition coefficient (Wildman–Crippen LogP) is 12.6. The molecule has 0 fully saturated rings. The maximum absolute atomic E-state index is 6.63. The summed E-state index contributed by atoms with van der Waals surface area (Å²) in [5.74, 6) is 1.73. The van der Waals surface area contributed by atoms with Gasteiger partial charge in [-0.1, -0.05) is 135 Å². The topological polar surface area (TPSA) is 12.5 Å². The van der Waals surface area contributed by atoms with E-state index in [0.29, 0.717) is 0 Å². The van der Waals surface area contributed by atoms with Gasteiger partial charge in [-0.25, -0.2) is 0 Å². The van der Waals surface area contributed by atoms with Gasteiger partial charge in [0.15, 0.2) is 0 Å². The Hall–Kier alpha value is -5.86. The fraction of sp³-hybridized carbons (Fsp3) is 0.0667. The van der Waals surface area contributed by atoms with Crippen LogP contribution in [-0.4, -0.2) is 0 Å². The summed E-state index contributed by atoms with van der Waals surface area (Å²) in [7, 11) is 0. The van der Waals surface area contributed by atoms with Crippen LogP contribution in [0.5, 0.6) is 11.5 Å². The minimum atomic E-state index is -0.112. The number of benzene rings is 7. The highest BCUT2D eigenvalue weighted by molar-refractivity contribution is 5.95. The van der Waals surface area contributed by atoms with Crippen molar-refractivity contribution in [2.45, 2.75) is 19.3 Å². The number of hydrogen-bond donors (Lipinski definition) is 0. The van der Waals surface area contributed by atoms with Crippen LogP contribution in [0.3, 0.4) is 0 Å². The van der Waals surface area contributed by atoms with E-state index in [0.717, 1.165) is 45.3 Å². The van der Waals surface area contributed by atoms with E-state index in [-0.39, 0.29) is 5.41 Å². The van der Waals surface area contributed by atoms with Gasteiger partial charge >= 0.3 is 0 Å². The minimum Gasteiger partial charge on any atom is -0.456 e. The van der Waals surface area contributed by atoms with E-state index in [4.69, 9.17) is 4.74 Å². The first-order valence-corrected chi connectivity index (χ1v) is 16.3. The molecule has 2 heteroatoms. The quantitative estimate of drug-likeness (QED) is 0.198. The first-order chi connectivity index (χ1) is 23.1. The molecule has 2 aliphatic rings. The molecular formula is C45H33NO. The number of hydrogen-bond acceptors (Lipinski definition) is 2. The number of anilines is 3. The number of para-hydroxylation sites is 2. The molecule has 0 aromatic heterocycles. The molecule has 0 spiro atoms. The zero-order chi connectivity index (χ0) is 31.5. The van der Waals surface area contributed by atoms with Gasteiger partial charge in [0.1, 0.15) is 11.5 Å². The molecule has 47 heavy (non-hydrogen) atoms. The summed E-state index contributed by atoms with van der Waals surface area (Å²) in [6.07, 6.45) is 0. The van der Waals surface area contributed by atoms with Crippen molar-refractivity contribution in [3.63, 3.8) is 0 Å². The lowest BCUT2D eigenvalue weighted by molar-refractivity contribution is 0.488. The van der Waals surface area contributed by atoms with Crippen LogP contribution in [0.4, 0.5) is 17.1 Å². The molecule has 224 valence electrons. The van der Waals surface area contributed by atoms with Crippen LogP contribution in [0, 0.1) is 0 Å². The molecular weight excluding hydrogens is 571 g/mol. The molecule has 0 radical (unpaired) electrons. The Bertz CT molecular complexity index is 2320. The van der Waals surface area contributed by atoms with E-state index in [1.165, 1.54) is 38.9 Å². The zero-order valence-electron chi connectivity index (χ0n) is 26.4. The van der Waals surface area contributed by atoms with Gasteiger partial charge in [-0.15, -0.1) is 0 Å². The SMILES string of the molecule is CC1(C)c2ccccc2-c2ccc(N(c3ccc4c(c3)-c3ccccc3-c3ccccc3O4)c3ccccc3-c3ccccc3)cc21. The van der Waals surface area contributed by atoms with E-state index < -0.39 is 0 Å². The van der Waals surface area contributed by atoms with Crippen molar-refractivity contribution in [2.24, 2.45) is 0 Å². The van der Waals surface area contributed by atoms with Crippen LogP contribution in [0.1, 0.15) is 25.0 Å². The third-order valence-electron chi connectivity index (χ3n) is 9.89. The third kappa shape index (κ3) is 4.33. The summed E-state index contributed by atoms with van der Waals surface area (Å²) in [5, 5.41) is 0. The Morgan fingerprint density at radius 1 is 0.404 bits per heavy atom. The lowest BCUT2D eigenvalue weighted by Crippen LogP contribution is -2.17. The Labute approximate surface area is 276 Å². The predicted molar refractivity (Wildman–Crippen MR) is 195 cm³/mol. The Morgan fingerprint density at radius 3 is 1.77 bits per heavy atom. The summed E-state index contributed by atoms with van der Waals surface area (Å²) in [4.78, 5) is 2.42. The highest BCUT2D eigenvalue weighted by Gasteiger charge is 2.36. The first kappa shape index (κ1) is 27.5. The van der Waals surface area contributed by atoms with Gasteiger partial charge in [0.05, 0.1) is 5.69 Å². The summed E-state index contributed by atoms with van der Waals surface area (Å²) in [5.41, 5.74) is 15.4. The lowest BCUT2D eigenvalue weighted by Gasteiger charge is -2.30. The van der Waals surface area contributed by atoms with Crippen LogP contribution < -0.4 is 9.64 Å². The second kappa shape index (κ2) is 10.6. The first-order valence-electron chi connectivity index (χ1n) is 16.3. The molecule has 0 unspecified atom stereocenters. The molecule has 0 saturated carbocycles. The normalized spacial score (nSPS) is 13.2. The van der Waals surface area contributed by atoms with Gasteiger partial charge in [0.2, 0.25) is 0 Å². The van der Waals surface area contributed by atoms with Gasteiger partial charge in [-0.3, -0.25) is 0 Å². The molecule has 0 N–H and O–H groups in total. The molecule has 0 amide bonds. The van der Waals surface area contributed by atoms with Crippen molar-refractivity contribution >= 4 is 17.1 Å². The van der Waals surface area contributed by atoms with Crippen LogP contribution in [-0.2, 0) is 5.41 Å². The van der Waals surface area contributed by atoms with Gasteiger partial charge in [-0.05, 0) is 81.4 Å². The van der Waals surface area contributed by atoms with E-state index >= 15 is 0 Å². The maximum atomic E-state index is 6.63. The molecule has 7 aromatic rings. The monoisotopic (exact) mass is 603 g/mol. The van der Waals surface area contributed by atoms with Crippen molar-refractivity contribution < 1.29 is 4.74 Å². The average molecular weight is 604 g/mol. The second-order valence-corrected chi connectivity index (χ2v) is 12.9. The molecule has 7 aromatic carbocycles. The Balaban J connectivity index is 1.28. The van der Waals surface area contributed by atoms with Crippen molar-refractivity contribution in [2.75, 3.05) is 4.90 Å². The van der Waals surface area contributed by atoms with Crippen LogP contribution in [0.25, 0.3) is 44.5 Å². The van der Waals surface area contributed by atoms with E-state index in [1.54, 1.807) is 0 Å². The van der Waals surface area contributed by atoms with Crippen molar-refractivity contribution in [1.29, 1.82) is 0 Å².